The fourth-order valence-electron chi connectivity index (χ4n) is 2.35. The van der Waals surface area contributed by atoms with E-state index in [0.29, 0.717) is 6.67 Å². The number of ether oxygens (including phenoxy) is 1. The summed E-state index contributed by atoms with van der Waals surface area (Å²) < 4.78 is 5.19. The molecule has 0 amide bonds. The van der Waals surface area contributed by atoms with E-state index in [2.05, 4.69) is 46.7 Å². The van der Waals surface area contributed by atoms with E-state index in [1.807, 2.05) is 18.2 Å². The average molecular weight is 252 g/mol. The van der Waals surface area contributed by atoms with Crippen molar-refractivity contribution in [2.75, 3.05) is 13.8 Å². The first-order chi connectivity index (χ1) is 9.38. The summed E-state index contributed by atoms with van der Waals surface area (Å²) in [5, 5.41) is 3.42. The van der Waals surface area contributed by atoms with Crippen LogP contribution >= 0.6 is 0 Å². The van der Waals surface area contributed by atoms with Crippen LogP contribution < -0.4 is 10.1 Å². The van der Waals surface area contributed by atoms with Gasteiger partial charge in [0.05, 0.1) is 25.5 Å². The number of benzene rings is 2. The van der Waals surface area contributed by atoms with Crippen molar-refractivity contribution >= 4 is 5.71 Å². The Bertz CT molecular complexity index is 575. The lowest BCUT2D eigenvalue weighted by atomic mass is 9.97. The van der Waals surface area contributed by atoms with Gasteiger partial charge in [-0.1, -0.05) is 30.3 Å². The van der Waals surface area contributed by atoms with Gasteiger partial charge < -0.3 is 4.74 Å². The lowest BCUT2D eigenvalue weighted by Gasteiger charge is -2.14. The zero-order valence-electron chi connectivity index (χ0n) is 10.8. The highest BCUT2D eigenvalue weighted by Gasteiger charge is 2.23. The highest BCUT2D eigenvalue weighted by molar-refractivity contribution is 6.05. The summed E-state index contributed by atoms with van der Waals surface area (Å²) in [6.07, 6.45) is 0. The van der Waals surface area contributed by atoms with E-state index >= 15 is 0 Å². The minimum absolute atomic E-state index is 0.176. The minimum Gasteiger partial charge on any atom is -0.497 e. The molecule has 0 aliphatic carbocycles. The first-order valence-electron chi connectivity index (χ1n) is 6.35. The topological polar surface area (TPSA) is 33.6 Å². The average Bonchev–Trinajstić information content (AvgIpc) is 2.98. The van der Waals surface area contributed by atoms with Crippen LogP contribution in [0, 0.1) is 0 Å². The molecule has 3 nitrogen and oxygen atoms in total. The van der Waals surface area contributed by atoms with Gasteiger partial charge in [0.25, 0.3) is 0 Å². The van der Waals surface area contributed by atoms with Crippen molar-refractivity contribution in [1.29, 1.82) is 0 Å². The summed E-state index contributed by atoms with van der Waals surface area (Å²) in [4.78, 5) is 4.58. The predicted molar refractivity (Wildman–Crippen MR) is 76.7 cm³/mol. The molecule has 0 aromatic heterocycles. The maximum Gasteiger partial charge on any atom is 0.118 e. The standard InChI is InChI=1S/C16H16N2O/c1-19-14-9-7-13(8-10-14)16-15(17-11-18-16)12-5-3-2-4-6-12/h2-10,15,17H,11H2,1H3. The molecular weight excluding hydrogens is 236 g/mol. The van der Waals surface area contributed by atoms with E-state index in [1.165, 1.54) is 5.56 Å². The molecule has 0 saturated heterocycles. The SMILES string of the molecule is COc1ccc(C2=NCNC2c2ccccc2)cc1. The second-order valence-corrected chi connectivity index (χ2v) is 4.48. The van der Waals surface area contributed by atoms with Crippen molar-refractivity contribution in [1.82, 2.24) is 5.32 Å². The molecule has 1 aliphatic rings. The summed E-state index contributed by atoms with van der Waals surface area (Å²) >= 11 is 0. The highest BCUT2D eigenvalue weighted by Crippen LogP contribution is 2.24. The number of rotatable bonds is 3. The van der Waals surface area contributed by atoms with E-state index in [0.717, 1.165) is 17.0 Å². The molecule has 0 bridgehead atoms. The third kappa shape index (κ3) is 2.37. The Hall–Kier alpha value is -2.13. The predicted octanol–water partition coefficient (Wildman–Crippen LogP) is 2.79. The van der Waals surface area contributed by atoms with Gasteiger partial charge >= 0.3 is 0 Å². The first-order valence-corrected chi connectivity index (χ1v) is 6.35. The van der Waals surface area contributed by atoms with Gasteiger partial charge in [0.15, 0.2) is 0 Å². The summed E-state index contributed by atoms with van der Waals surface area (Å²) in [7, 11) is 1.68. The molecule has 0 radical (unpaired) electrons. The maximum absolute atomic E-state index is 5.19. The lowest BCUT2D eigenvalue weighted by Crippen LogP contribution is -2.21. The summed E-state index contributed by atoms with van der Waals surface area (Å²) in [5.74, 6) is 0.867. The van der Waals surface area contributed by atoms with E-state index in [9.17, 15) is 0 Å². The maximum atomic E-state index is 5.19. The van der Waals surface area contributed by atoms with Crippen molar-refractivity contribution in [3.8, 4) is 5.75 Å². The Labute approximate surface area is 113 Å². The second-order valence-electron chi connectivity index (χ2n) is 4.48. The minimum atomic E-state index is 0.176. The summed E-state index contributed by atoms with van der Waals surface area (Å²) in [5.41, 5.74) is 3.48. The van der Waals surface area contributed by atoms with Crippen LogP contribution in [0.25, 0.3) is 0 Å². The van der Waals surface area contributed by atoms with Gasteiger partial charge in [0.2, 0.25) is 0 Å². The number of methoxy groups -OCH3 is 1. The monoisotopic (exact) mass is 252 g/mol. The zero-order chi connectivity index (χ0) is 13.1. The third-order valence-corrected chi connectivity index (χ3v) is 3.34. The Balaban J connectivity index is 1.90. The van der Waals surface area contributed by atoms with Crippen LogP contribution in [0.2, 0.25) is 0 Å². The van der Waals surface area contributed by atoms with Gasteiger partial charge in [-0.2, -0.15) is 0 Å². The zero-order valence-corrected chi connectivity index (χ0v) is 10.8. The van der Waals surface area contributed by atoms with Gasteiger partial charge in [-0.3, -0.25) is 10.3 Å². The molecule has 2 aromatic rings. The molecule has 2 aromatic carbocycles. The number of aliphatic imine (C=N–C) groups is 1. The summed E-state index contributed by atoms with van der Waals surface area (Å²) in [6.45, 7) is 0.668. The Morgan fingerprint density at radius 2 is 1.79 bits per heavy atom. The van der Waals surface area contributed by atoms with E-state index in [1.54, 1.807) is 7.11 Å². The first kappa shape index (κ1) is 11.9. The van der Waals surface area contributed by atoms with Gasteiger partial charge in [-0.05, 0) is 35.4 Å². The molecule has 0 spiro atoms. The molecule has 96 valence electrons. The summed E-state index contributed by atoms with van der Waals surface area (Å²) in [6, 6.07) is 18.6. The van der Waals surface area contributed by atoms with Crippen molar-refractivity contribution in [2.24, 2.45) is 4.99 Å². The van der Waals surface area contributed by atoms with Crippen molar-refractivity contribution in [3.63, 3.8) is 0 Å². The van der Waals surface area contributed by atoms with Crippen molar-refractivity contribution < 1.29 is 4.74 Å². The van der Waals surface area contributed by atoms with Crippen LogP contribution in [0.4, 0.5) is 0 Å². The largest absolute Gasteiger partial charge is 0.497 e. The van der Waals surface area contributed by atoms with Gasteiger partial charge in [0.1, 0.15) is 5.75 Å². The molecule has 3 rings (SSSR count). The molecule has 19 heavy (non-hydrogen) atoms. The van der Waals surface area contributed by atoms with Gasteiger partial charge in [0, 0.05) is 0 Å². The van der Waals surface area contributed by atoms with Crippen LogP contribution in [-0.2, 0) is 0 Å². The third-order valence-electron chi connectivity index (χ3n) is 3.34. The van der Waals surface area contributed by atoms with Crippen LogP contribution in [0.5, 0.6) is 5.75 Å². The molecule has 1 N–H and O–H groups in total. The van der Waals surface area contributed by atoms with Crippen LogP contribution in [0.3, 0.4) is 0 Å². The smallest absolute Gasteiger partial charge is 0.118 e. The molecule has 3 heteroatoms. The second kappa shape index (κ2) is 5.24. The Morgan fingerprint density at radius 1 is 1.05 bits per heavy atom. The molecule has 1 atom stereocenters. The number of hydrogen-bond donors (Lipinski definition) is 1. The van der Waals surface area contributed by atoms with Crippen molar-refractivity contribution in [2.45, 2.75) is 6.04 Å². The van der Waals surface area contributed by atoms with Crippen molar-refractivity contribution in [3.05, 3.63) is 65.7 Å². The van der Waals surface area contributed by atoms with Crippen LogP contribution in [0.1, 0.15) is 17.2 Å². The Morgan fingerprint density at radius 3 is 2.47 bits per heavy atom. The molecule has 1 heterocycles. The highest BCUT2D eigenvalue weighted by atomic mass is 16.5. The normalized spacial score (nSPS) is 18.2. The fourth-order valence-corrected chi connectivity index (χ4v) is 2.35. The number of nitrogens with zero attached hydrogens (tertiary/aromatic N) is 1. The molecule has 1 aliphatic heterocycles. The van der Waals surface area contributed by atoms with Gasteiger partial charge in [-0.25, -0.2) is 0 Å². The molecule has 0 saturated carbocycles. The van der Waals surface area contributed by atoms with E-state index in [-0.39, 0.29) is 6.04 Å². The fraction of sp³-hybridized carbons (Fsp3) is 0.188. The quantitative estimate of drug-likeness (QED) is 0.911. The van der Waals surface area contributed by atoms with Crippen LogP contribution in [0.15, 0.2) is 59.6 Å². The number of hydrogen-bond acceptors (Lipinski definition) is 3. The van der Waals surface area contributed by atoms with E-state index < -0.39 is 0 Å². The molecule has 1 unspecified atom stereocenters. The van der Waals surface area contributed by atoms with Crippen LogP contribution in [-0.4, -0.2) is 19.5 Å². The molecule has 0 fully saturated rings. The van der Waals surface area contributed by atoms with Gasteiger partial charge in [-0.15, -0.1) is 0 Å². The lowest BCUT2D eigenvalue weighted by molar-refractivity contribution is 0.415. The van der Waals surface area contributed by atoms with E-state index in [4.69, 9.17) is 4.74 Å². The Kier molecular flexibility index (Phi) is 3.29. The number of nitrogens with one attached hydrogen (secondary N) is 1. The molecular formula is C16H16N2O.